The Balaban J connectivity index is 1.78. The minimum absolute atomic E-state index is 0.0463. The SMILES string of the molecule is OC(CC1OCCc2ccccc21)c1ccco1. The van der Waals surface area contributed by atoms with E-state index in [4.69, 9.17) is 9.15 Å². The Morgan fingerprint density at radius 1 is 1.22 bits per heavy atom. The van der Waals surface area contributed by atoms with Gasteiger partial charge in [0.2, 0.25) is 0 Å². The molecule has 0 radical (unpaired) electrons. The maximum absolute atomic E-state index is 10.1. The maximum Gasteiger partial charge on any atom is 0.132 e. The van der Waals surface area contributed by atoms with Gasteiger partial charge in [0.25, 0.3) is 0 Å². The largest absolute Gasteiger partial charge is 0.467 e. The Bertz CT molecular complexity index is 504. The van der Waals surface area contributed by atoms with Crippen LogP contribution in [0.1, 0.15) is 35.5 Å². The van der Waals surface area contributed by atoms with E-state index in [1.165, 1.54) is 11.1 Å². The smallest absolute Gasteiger partial charge is 0.132 e. The molecule has 1 N–H and O–H groups in total. The lowest BCUT2D eigenvalue weighted by Crippen LogP contribution is -2.18. The summed E-state index contributed by atoms with van der Waals surface area (Å²) >= 11 is 0. The summed E-state index contributed by atoms with van der Waals surface area (Å²) in [6, 6.07) is 11.8. The zero-order valence-electron chi connectivity index (χ0n) is 10.1. The highest BCUT2D eigenvalue weighted by Crippen LogP contribution is 2.34. The van der Waals surface area contributed by atoms with Gasteiger partial charge < -0.3 is 14.3 Å². The topological polar surface area (TPSA) is 42.6 Å². The fourth-order valence-electron chi connectivity index (χ4n) is 2.47. The second-order valence-corrected chi connectivity index (χ2v) is 4.58. The van der Waals surface area contributed by atoms with Crippen molar-refractivity contribution in [2.45, 2.75) is 25.0 Å². The molecule has 0 spiro atoms. The Morgan fingerprint density at radius 3 is 2.94 bits per heavy atom. The van der Waals surface area contributed by atoms with Gasteiger partial charge in [-0.25, -0.2) is 0 Å². The molecule has 1 aromatic carbocycles. The van der Waals surface area contributed by atoms with Crippen LogP contribution in [-0.2, 0) is 11.2 Å². The van der Waals surface area contributed by atoms with E-state index in [0.717, 1.165) is 6.42 Å². The van der Waals surface area contributed by atoms with Gasteiger partial charge in [-0.3, -0.25) is 0 Å². The first-order valence-electron chi connectivity index (χ1n) is 6.25. The van der Waals surface area contributed by atoms with E-state index in [1.54, 1.807) is 18.4 Å². The predicted octanol–water partition coefficient (Wildman–Crippen LogP) is 3.02. The number of hydrogen-bond donors (Lipinski definition) is 1. The number of rotatable bonds is 3. The molecule has 0 amide bonds. The predicted molar refractivity (Wildman–Crippen MR) is 67.1 cm³/mol. The second-order valence-electron chi connectivity index (χ2n) is 4.58. The molecule has 1 aromatic heterocycles. The summed E-state index contributed by atoms with van der Waals surface area (Å²) in [7, 11) is 0. The average molecular weight is 244 g/mol. The van der Waals surface area contributed by atoms with Crippen molar-refractivity contribution in [3.05, 3.63) is 59.5 Å². The molecule has 2 aromatic rings. The molecule has 0 fully saturated rings. The highest BCUT2D eigenvalue weighted by molar-refractivity contribution is 5.31. The van der Waals surface area contributed by atoms with Crippen LogP contribution in [0.4, 0.5) is 0 Å². The Kier molecular flexibility index (Phi) is 3.17. The molecular weight excluding hydrogens is 228 g/mol. The van der Waals surface area contributed by atoms with Gasteiger partial charge in [0.1, 0.15) is 11.9 Å². The van der Waals surface area contributed by atoms with E-state index in [9.17, 15) is 5.11 Å². The minimum Gasteiger partial charge on any atom is -0.467 e. The summed E-state index contributed by atoms with van der Waals surface area (Å²) in [4.78, 5) is 0. The summed E-state index contributed by atoms with van der Waals surface area (Å²) in [5, 5.41) is 10.1. The first-order valence-corrected chi connectivity index (χ1v) is 6.25. The van der Waals surface area contributed by atoms with Gasteiger partial charge in [-0.15, -0.1) is 0 Å². The quantitative estimate of drug-likeness (QED) is 0.902. The van der Waals surface area contributed by atoms with Crippen LogP contribution < -0.4 is 0 Å². The van der Waals surface area contributed by atoms with Crippen molar-refractivity contribution in [2.24, 2.45) is 0 Å². The van der Waals surface area contributed by atoms with Crippen LogP contribution in [0.15, 0.2) is 47.1 Å². The van der Waals surface area contributed by atoms with Crippen molar-refractivity contribution >= 4 is 0 Å². The van der Waals surface area contributed by atoms with Crippen molar-refractivity contribution in [3.63, 3.8) is 0 Å². The summed E-state index contributed by atoms with van der Waals surface area (Å²) < 4.78 is 11.0. The molecule has 0 aliphatic carbocycles. The fraction of sp³-hybridized carbons (Fsp3) is 0.333. The number of fused-ring (bicyclic) bond motifs is 1. The molecular formula is C15H16O3. The molecule has 1 aliphatic rings. The van der Waals surface area contributed by atoms with Gasteiger partial charge in [0, 0.05) is 6.42 Å². The number of ether oxygens (including phenoxy) is 1. The molecule has 2 heterocycles. The molecule has 94 valence electrons. The van der Waals surface area contributed by atoms with Gasteiger partial charge in [0.15, 0.2) is 0 Å². The van der Waals surface area contributed by atoms with Gasteiger partial charge in [0.05, 0.1) is 19.0 Å². The number of hydrogen-bond acceptors (Lipinski definition) is 3. The summed E-state index contributed by atoms with van der Waals surface area (Å²) in [6.45, 7) is 0.715. The molecule has 3 rings (SSSR count). The van der Waals surface area contributed by atoms with Crippen molar-refractivity contribution in [1.29, 1.82) is 0 Å². The number of aliphatic hydroxyl groups excluding tert-OH is 1. The third kappa shape index (κ3) is 2.19. The zero-order chi connectivity index (χ0) is 12.4. The van der Waals surface area contributed by atoms with Crippen molar-refractivity contribution in [3.8, 4) is 0 Å². The van der Waals surface area contributed by atoms with E-state index in [1.807, 2.05) is 12.1 Å². The van der Waals surface area contributed by atoms with Crippen molar-refractivity contribution in [2.75, 3.05) is 6.61 Å². The van der Waals surface area contributed by atoms with E-state index in [0.29, 0.717) is 18.8 Å². The monoisotopic (exact) mass is 244 g/mol. The molecule has 3 heteroatoms. The Labute approximate surface area is 106 Å². The molecule has 1 aliphatic heterocycles. The lowest BCUT2D eigenvalue weighted by atomic mass is 9.94. The number of aliphatic hydroxyl groups is 1. The number of furan rings is 1. The number of benzene rings is 1. The standard InChI is InChI=1S/C15H16O3/c16-13(14-6-3-8-17-14)10-15-12-5-2-1-4-11(12)7-9-18-15/h1-6,8,13,15-16H,7,9-10H2. The lowest BCUT2D eigenvalue weighted by molar-refractivity contribution is -0.00121. The average Bonchev–Trinajstić information content (AvgIpc) is 2.93. The van der Waals surface area contributed by atoms with E-state index in [2.05, 4.69) is 12.1 Å². The molecule has 2 unspecified atom stereocenters. The highest BCUT2D eigenvalue weighted by Gasteiger charge is 2.24. The van der Waals surface area contributed by atoms with Crippen molar-refractivity contribution < 1.29 is 14.3 Å². The zero-order valence-corrected chi connectivity index (χ0v) is 10.1. The Morgan fingerprint density at radius 2 is 2.11 bits per heavy atom. The van der Waals surface area contributed by atoms with Gasteiger partial charge in [-0.2, -0.15) is 0 Å². The molecule has 0 bridgehead atoms. The minimum atomic E-state index is -0.615. The third-order valence-corrected chi connectivity index (χ3v) is 3.40. The van der Waals surface area contributed by atoms with Crippen LogP contribution >= 0.6 is 0 Å². The molecule has 2 atom stereocenters. The molecule has 18 heavy (non-hydrogen) atoms. The van der Waals surface area contributed by atoms with Crippen LogP contribution in [0.25, 0.3) is 0 Å². The maximum atomic E-state index is 10.1. The normalized spacial score (nSPS) is 20.4. The summed E-state index contributed by atoms with van der Waals surface area (Å²) in [5.41, 5.74) is 2.51. The molecule has 0 saturated heterocycles. The van der Waals surface area contributed by atoms with Crippen LogP contribution in [0, 0.1) is 0 Å². The van der Waals surface area contributed by atoms with E-state index in [-0.39, 0.29) is 6.10 Å². The van der Waals surface area contributed by atoms with Crippen LogP contribution in [0.2, 0.25) is 0 Å². The van der Waals surface area contributed by atoms with Gasteiger partial charge in [-0.1, -0.05) is 24.3 Å². The first-order chi connectivity index (χ1) is 8.84. The van der Waals surface area contributed by atoms with Crippen molar-refractivity contribution in [1.82, 2.24) is 0 Å². The Hall–Kier alpha value is -1.58. The van der Waals surface area contributed by atoms with Gasteiger partial charge in [-0.05, 0) is 29.7 Å². The molecule has 0 saturated carbocycles. The molecule has 3 nitrogen and oxygen atoms in total. The first kappa shape index (κ1) is 11.5. The summed E-state index contributed by atoms with van der Waals surface area (Å²) in [5.74, 6) is 0.599. The third-order valence-electron chi connectivity index (χ3n) is 3.40. The fourth-order valence-corrected chi connectivity index (χ4v) is 2.47. The van der Waals surface area contributed by atoms with Crippen LogP contribution in [-0.4, -0.2) is 11.7 Å². The van der Waals surface area contributed by atoms with E-state index >= 15 is 0 Å². The second kappa shape index (κ2) is 4.96. The van der Waals surface area contributed by atoms with Crippen LogP contribution in [0.3, 0.4) is 0 Å². The lowest BCUT2D eigenvalue weighted by Gasteiger charge is -2.27. The highest BCUT2D eigenvalue weighted by atomic mass is 16.5. The van der Waals surface area contributed by atoms with E-state index < -0.39 is 6.10 Å². The summed E-state index contributed by atoms with van der Waals surface area (Å²) in [6.07, 6.45) is 2.40. The van der Waals surface area contributed by atoms with Crippen LogP contribution in [0.5, 0.6) is 0 Å². The van der Waals surface area contributed by atoms with Gasteiger partial charge >= 0.3 is 0 Å².